The Morgan fingerprint density at radius 2 is 1.47 bits per heavy atom. The van der Waals surface area contributed by atoms with E-state index < -0.39 is 0 Å². The van der Waals surface area contributed by atoms with E-state index in [1.165, 1.54) is 0 Å². The molecule has 1 aromatic rings. The molecule has 0 radical (unpaired) electrons. The SMILES string of the molecule is CC(C)c1cc(CCl)cc(C(C)C)c1O. The van der Waals surface area contributed by atoms with Gasteiger partial charge in [0.05, 0.1) is 0 Å². The summed E-state index contributed by atoms with van der Waals surface area (Å²) < 4.78 is 0. The third-order valence-electron chi connectivity index (χ3n) is 2.63. The second-order valence-corrected chi connectivity index (χ2v) is 4.83. The van der Waals surface area contributed by atoms with Gasteiger partial charge in [-0.1, -0.05) is 39.8 Å². The zero-order valence-electron chi connectivity index (χ0n) is 9.84. The van der Waals surface area contributed by atoms with Crippen LogP contribution in [0.25, 0.3) is 0 Å². The molecule has 84 valence electrons. The van der Waals surface area contributed by atoms with Gasteiger partial charge in [-0.05, 0) is 28.5 Å². The van der Waals surface area contributed by atoms with Gasteiger partial charge in [-0.15, -0.1) is 11.6 Å². The van der Waals surface area contributed by atoms with Crippen molar-refractivity contribution < 1.29 is 5.11 Å². The highest BCUT2D eigenvalue weighted by atomic mass is 35.5. The molecule has 0 bridgehead atoms. The normalized spacial score (nSPS) is 11.4. The summed E-state index contributed by atoms with van der Waals surface area (Å²) in [6.07, 6.45) is 0. The first-order valence-electron chi connectivity index (χ1n) is 5.39. The third kappa shape index (κ3) is 2.66. The highest BCUT2D eigenvalue weighted by Crippen LogP contribution is 2.34. The third-order valence-corrected chi connectivity index (χ3v) is 2.94. The molecule has 15 heavy (non-hydrogen) atoms. The number of phenolic OH excluding ortho intramolecular Hbond substituents is 1. The molecule has 0 atom stereocenters. The van der Waals surface area contributed by atoms with Crippen LogP contribution in [0.2, 0.25) is 0 Å². The molecule has 1 aromatic carbocycles. The van der Waals surface area contributed by atoms with Crippen molar-refractivity contribution in [2.45, 2.75) is 45.4 Å². The van der Waals surface area contributed by atoms with Gasteiger partial charge >= 0.3 is 0 Å². The van der Waals surface area contributed by atoms with Crippen molar-refractivity contribution in [1.29, 1.82) is 0 Å². The molecule has 2 heteroatoms. The van der Waals surface area contributed by atoms with Gasteiger partial charge in [0.15, 0.2) is 0 Å². The summed E-state index contributed by atoms with van der Waals surface area (Å²) in [4.78, 5) is 0. The van der Waals surface area contributed by atoms with E-state index in [2.05, 4.69) is 27.7 Å². The molecule has 1 N–H and O–H groups in total. The van der Waals surface area contributed by atoms with Crippen molar-refractivity contribution >= 4 is 11.6 Å². The minimum atomic E-state index is 0.325. The van der Waals surface area contributed by atoms with E-state index in [-0.39, 0.29) is 0 Å². The fraction of sp³-hybridized carbons (Fsp3) is 0.538. The van der Waals surface area contributed by atoms with Crippen molar-refractivity contribution in [2.24, 2.45) is 0 Å². The second kappa shape index (κ2) is 4.89. The Kier molecular flexibility index (Phi) is 4.04. The molecule has 0 aliphatic rings. The van der Waals surface area contributed by atoms with Crippen LogP contribution in [-0.2, 0) is 5.88 Å². The summed E-state index contributed by atoms with van der Waals surface area (Å²) in [5.41, 5.74) is 3.08. The number of aromatic hydroxyl groups is 1. The highest BCUT2D eigenvalue weighted by molar-refractivity contribution is 6.17. The summed E-state index contributed by atoms with van der Waals surface area (Å²) >= 11 is 5.85. The number of benzene rings is 1. The van der Waals surface area contributed by atoms with Crippen molar-refractivity contribution in [3.8, 4) is 5.75 Å². The van der Waals surface area contributed by atoms with Crippen LogP contribution < -0.4 is 0 Å². The predicted octanol–water partition coefficient (Wildman–Crippen LogP) is 4.38. The molecule has 0 fully saturated rings. The van der Waals surface area contributed by atoms with E-state index in [9.17, 15) is 5.11 Å². The van der Waals surface area contributed by atoms with E-state index in [0.29, 0.717) is 23.5 Å². The Morgan fingerprint density at radius 3 is 1.73 bits per heavy atom. The minimum absolute atomic E-state index is 0.325. The number of halogens is 1. The van der Waals surface area contributed by atoms with E-state index in [0.717, 1.165) is 16.7 Å². The Hall–Kier alpha value is -0.690. The number of hydrogen-bond acceptors (Lipinski definition) is 1. The van der Waals surface area contributed by atoms with E-state index in [1.54, 1.807) is 0 Å². The lowest BCUT2D eigenvalue weighted by molar-refractivity contribution is 0.454. The Balaban J connectivity index is 3.33. The van der Waals surface area contributed by atoms with Gasteiger partial charge in [-0.25, -0.2) is 0 Å². The molecule has 0 spiro atoms. The summed E-state index contributed by atoms with van der Waals surface area (Å²) in [6, 6.07) is 4.00. The van der Waals surface area contributed by atoms with Gasteiger partial charge < -0.3 is 5.11 Å². The first-order valence-corrected chi connectivity index (χ1v) is 5.92. The van der Waals surface area contributed by atoms with Crippen LogP contribution in [0.4, 0.5) is 0 Å². The molecule has 0 heterocycles. The fourth-order valence-corrected chi connectivity index (χ4v) is 1.86. The average Bonchev–Trinajstić information content (AvgIpc) is 2.17. The van der Waals surface area contributed by atoms with Crippen LogP contribution in [0.3, 0.4) is 0 Å². The first-order chi connectivity index (χ1) is 6.97. The summed E-state index contributed by atoms with van der Waals surface area (Å²) in [5, 5.41) is 10.1. The molecule has 1 rings (SSSR count). The largest absolute Gasteiger partial charge is 0.507 e. The summed E-state index contributed by atoms with van der Waals surface area (Å²) in [6.45, 7) is 8.32. The molecule has 0 aromatic heterocycles. The maximum atomic E-state index is 10.1. The molecular weight excluding hydrogens is 208 g/mol. The molecule has 1 nitrogen and oxygen atoms in total. The summed E-state index contributed by atoms with van der Waals surface area (Å²) in [5.74, 6) is 1.59. The average molecular weight is 227 g/mol. The molecule has 0 aliphatic heterocycles. The Labute approximate surface area is 97.1 Å². The molecule has 0 unspecified atom stereocenters. The quantitative estimate of drug-likeness (QED) is 0.759. The molecule has 0 saturated heterocycles. The maximum absolute atomic E-state index is 10.1. The number of hydrogen-bond donors (Lipinski definition) is 1. The van der Waals surface area contributed by atoms with E-state index >= 15 is 0 Å². The standard InChI is InChI=1S/C13H19ClO/c1-8(2)11-5-10(7-14)6-12(9(3)4)13(11)15/h5-6,8-9,15H,7H2,1-4H3. The van der Waals surface area contributed by atoms with E-state index in [1.807, 2.05) is 12.1 Å². The van der Waals surface area contributed by atoms with Crippen molar-refractivity contribution in [3.05, 3.63) is 28.8 Å². The van der Waals surface area contributed by atoms with Gasteiger partial charge in [0.1, 0.15) is 5.75 Å². The van der Waals surface area contributed by atoms with Gasteiger partial charge in [-0.3, -0.25) is 0 Å². The molecule has 0 amide bonds. The van der Waals surface area contributed by atoms with Gasteiger partial charge in [-0.2, -0.15) is 0 Å². The summed E-state index contributed by atoms with van der Waals surface area (Å²) in [7, 11) is 0. The van der Waals surface area contributed by atoms with Crippen LogP contribution in [-0.4, -0.2) is 5.11 Å². The van der Waals surface area contributed by atoms with Crippen molar-refractivity contribution in [3.63, 3.8) is 0 Å². The number of phenols is 1. The number of rotatable bonds is 3. The number of alkyl halides is 1. The maximum Gasteiger partial charge on any atom is 0.122 e. The lowest BCUT2D eigenvalue weighted by Crippen LogP contribution is -1.97. The lowest BCUT2D eigenvalue weighted by Gasteiger charge is -2.16. The predicted molar refractivity (Wildman–Crippen MR) is 65.8 cm³/mol. The Bertz CT molecular complexity index is 313. The lowest BCUT2D eigenvalue weighted by atomic mass is 9.92. The van der Waals surface area contributed by atoms with Crippen LogP contribution in [0.5, 0.6) is 5.75 Å². The highest BCUT2D eigenvalue weighted by Gasteiger charge is 2.14. The van der Waals surface area contributed by atoms with E-state index in [4.69, 9.17) is 11.6 Å². The zero-order valence-corrected chi connectivity index (χ0v) is 10.6. The van der Waals surface area contributed by atoms with Gasteiger partial charge in [0.25, 0.3) is 0 Å². The second-order valence-electron chi connectivity index (χ2n) is 4.57. The monoisotopic (exact) mass is 226 g/mol. The Morgan fingerprint density at radius 1 is 1.07 bits per heavy atom. The molecule has 0 saturated carbocycles. The molecular formula is C13H19ClO. The van der Waals surface area contributed by atoms with Crippen LogP contribution in [0, 0.1) is 0 Å². The fourth-order valence-electron chi connectivity index (χ4n) is 1.70. The van der Waals surface area contributed by atoms with Crippen LogP contribution >= 0.6 is 11.6 Å². The van der Waals surface area contributed by atoms with Gasteiger partial charge in [0, 0.05) is 5.88 Å². The topological polar surface area (TPSA) is 20.2 Å². The van der Waals surface area contributed by atoms with Crippen LogP contribution in [0.15, 0.2) is 12.1 Å². The van der Waals surface area contributed by atoms with Crippen LogP contribution in [0.1, 0.15) is 56.2 Å². The minimum Gasteiger partial charge on any atom is -0.507 e. The first kappa shape index (κ1) is 12.4. The van der Waals surface area contributed by atoms with Crippen molar-refractivity contribution in [2.75, 3.05) is 0 Å². The smallest absolute Gasteiger partial charge is 0.122 e. The van der Waals surface area contributed by atoms with Crippen molar-refractivity contribution in [1.82, 2.24) is 0 Å². The zero-order chi connectivity index (χ0) is 11.6. The van der Waals surface area contributed by atoms with Gasteiger partial charge in [0.2, 0.25) is 0 Å². The molecule has 0 aliphatic carbocycles.